The molecular formula is C18H23N3O4S. The first kappa shape index (κ1) is 19.8. The van der Waals surface area contributed by atoms with Gasteiger partial charge >= 0.3 is 12.1 Å². The molecule has 0 saturated heterocycles. The van der Waals surface area contributed by atoms with E-state index < -0.39 is 18.1 Å². The third kappa shape index (κ3) is 6.11. The summed E-state index contributed by atoms with van der Waals surface area (Å²) in [7, 11) is 1.86. The Bertz CT molecular complexity index is 733. The molecule has 2 N–H and O–H groups in total. The molecule has 0 fully saturated rings. The minimum absolute atomic E-state index is 0.0982. The van der Waals surface area contributed by atoms with E-state index in [0.29, 0.717) is 5.75 Å². The molecule has 0 saturated carbocycles. The predicted molar refractivity (Wildman–Crippen MR) is 99.9 cm³/mol. The smallest absolute Gasteiger partial charge is 0.408 e. The van der Waals surface area contributed by atoms with E-state index in [4.69, 9.17) is 4.74 Å². The molecular weight excluding hydrogens is 354 g/mol. The Morgan fingerprint density at radius 2 is 2.08 bits per heavy atom. The lowest BCUT2D eigenvalue weighted by atomic mass is 10.2. The number of hydrogen-bond donors (Lipinski definition) is 2. The lowest BCUT2D eigenvalue weighted by molar-refractivity contribution is -0.138. The molecule has 140 valence electrons. The van der Waals surface area contributed by atoms with Crippen molar-refractivity contribution in [1.82, 2.24) is 15.1 Å². The first-order valence-corrected chi connectivity index (χ1v) is 9.44. The van der Waals surface area contributed by atoms with Crippen molar-refractivity contribution < 1.29 is 19.4 Å². The lowest BCUT2D eigenvalue weighted by Gasteiger charge is -2.14. The highest BCUT2D eigenvalue weighted by Gasteiger charge is 2.21. The number of aliphatic carboxylic acids is 1. The van der Waals surface area contributed by atoms with Crippen LogP contribution < -0.4 is 5.32 Å². The van der Waals surface area contributed by atoms with Crippen LogP contribution in [0.5, 0.6) is 0 Å². The first-order chi connectivity index (χ1) is 12.5. The number of ether oxygens (including phenoxy) is 1. The van der Waals surface area contributed by atoms with E-state index in [1.54, 1.807) is 4.68 Å². The topological polar surface area (TPSA) is 93.5 Å². The number of thioether (sulfide) groups is 1. The number of amides is 1. The summed E-state index contributed by atoms with van der Waals surface area (Å²) in [5, 5.41) is 16.1. The first-order valence-electron chi connectivity index (χ1n) is 8.29. The Balaban J connectivity index is 1.79. The number of rotatable bonds is 9. The second-order valence-electron chi connectivity index (χ2n) is 5.72. The van der Waals surface area contributed by atoms with Crippen molar-refractivity contribution in [3.05, 3.63) is 53.3 Å². The summed E-state index contributed by atoms with van der Waals surface area (Å²) >= 11 is 1.43. The summed E-state index contributed by atoms with van der Waals surface area (Å²) in [6, 6.07) is 10.2. The SMILES string of the molecule is CCc1cc(CSCC(NC(=O)OCc2ccccc2)C(=O)O)n(C)n1. The fourth-order valence-electron chi connectivity index (χ4n) is 2.24. The maximum absolute atomic E-state index is 11.8. The van der Waals surface area contributed by atoms with Gasteiger partial charge in [-0.05, 0) is 18.1 Å². The van der Waals surface area contributed by atoms with Gasteiger partial charge in [-0.15, -0.1) is 0 Å². The van der Waals surface area contributed by atoms with Crippen molar-refractivity contribution in [3.8, 4) is 0 Å². The number of carboxylic acids is 1. The summed E-state index contributed by atoms with van der Waals surface area (Å²) in [4.78, 5) is 23.2. The molecule has 0 aliphatic heterocycles. The Kier molecular flexibility index (Phi) is 7.53. The fraction of sp³-hybridized carbons (Fsp3) is 0.389. The van der Waals surface area contributed by atoms with Gasteiger partial charge in [0.15, 0.2) is 0 Å². The van der Waals surface area contributed by atoms with Crippen molar-refractivity contribution in [2.45, 2.75) is 31.7 Å². The number of nitrogens with one attached hydrogen (secondary N) is 1. The van der Waals surface area contributed by atoms with E-state index in [0.717, 1.165) is 23.4 Å². The summed E-state index contributed by atoms with van der Waals surface area (Å²) in [6.07, 6.45) is 0.112. The van der Waals surface area contributed by atoms with Gasteiger partial charge in [-0.25, -0.2) is 9.59 Å². The van der Waals surface area contributed by atoms with Crippen molar-refractivity contribution in [2.75, 3.05) is 5.75 Å². The van der Waals surface area contributed by atoms with Gasteiger partial charge in [0.1, 0.15) is 12.6 Å². The van der Waals surface area contributed by atoms with Crippen LogP contribution >= 0.6 is 11.8 Å². The van der Waals surface area contributed by atoms with E-state index in [-0.39, 0.29) is 12.4 Å². The van der Waals surface area contributed by atoms with Gasteiger partial charge in [0.05, 0.1) is 5.69 Å². The number of hydrogen-bond acceptors (Lipinski definition) is 5. The molecule has 0 bridgehead atoms. The number of aromatic nitrogens is 2. The molecule has 1 aromatic heterocycles. The molecule has 1 unspecified atom stereocenters. The van der Waals surface area contributed by atoms with E-state index in [2.05, 4.69) is 10.4 Å². The molecule has 1 aromatic carbocycles. The van der Waals surface area contributed by atoms with Crippen LogP contribution in [0.2, 0.25) is 0 Å². The van der Waals surface area contributed by atoms with E-state index in [1.807, 2.05) is 50.4 Å². The quantitative estimate of drug-likeness (QED) is 0.698. The van der Waals surface area contributed by atoms with Crippen LogP contribution in [0.15, 0.2) is 36.4 Å². The van der Waals surface area contributed by atoms with Gasteiger partial charge in [0.25, 0.3) is 0 Å². The van der Waals surface area contributed by atoms with Crippen molar-refractivity contribution in [2.24, 2.45) is 7.05 Å². The van der Waals surface area contributed by atoms with Gasteiger partial charge in [-0.3, -0.25) is 4.68 Å². The van der Waals surface area contributed by atoms with Crippen molar-refractivity contribution in [3.63, 3.8) is 0 Å². The summed E-state index contributed by atoms with van der Waals surface area (Å²) in [6.45, 7) is 2.13. The zero-order valence-electron chi connectivity index (χ0n) is 14.8. The molecule has 1 atom stereocenters. The zero-order valence-corrected chi connectivity index (χ0v) is 15.7. The largest absolute Gasteiger partial charge is 0.480 e. The molecule has 0 aliphatic rings. The minimum Gasteiger partial charge on any atom is -0.480 e. The maximum atomic E-state index is 11.8. The van der Waals surface area contributed by atoms with Crippen LogP contribution in [-0.2, 0) is 35.4 Å². The Morgan fingerprint density at radius 1 is 1.35 bits per heavy atom. The standard InChI is InChI=1S/C18H23N3O4S/c1-3-14-9-15(21(2)20-14)11-26-12-16(17(22)23)19-18(24)25-10-13-7-5-4-6-8-13/h4-9,16H,3,10-12H2,1-2H3,(H,19,24)(H,22,23). The predicted octanol–water partition coefficient (Wildman–Crippen LogP) is 2.60. The molecule has 1 amide bonds. The molecule has 8 heteroatoms. The van der Waals surface area contributed by atoms with Crippen molar-refractivity contribution in [1.29, 1.82) is 0 Å². The number of benzene rings is 1. The monoisotopic (exact) mass is 377 g/mol. The highest BCUT2D eigenvalue weighted by atomic mass is 32.2. The minimum atomic E-state index is -1.09. The lowest BCUT2D eigenvalue weighted by Crippen LogP contribution is -2.42. The highest BCUT2D eigenvalue weighted by molar-refractivity contribution is 7.98. The maximum Gasteiger partial charge on any atom is 0.408 e. The van der Waals surface area contributed by atoms with Gasteiger partial charge in [-0.1, -0.05) is 37.3 Å². The molecule has 0 spiro atoms. The molecule has 7 nitrogen and oxygen atoms in total. The molecule has 0 aliphatic carbocycles. The van der Waals surface area contributed by atoms with Gasteiger partial charge < -0.3 is 15.2 Å². The second kappa shape index (κ2) is 9.86. The Labute approximate surface area is 156 Å². The Morgan fingerprint density at radius 3 is 2.69 bits per heavy atom. The third-order valence-electron chi connectivity index (χ3n) is 3.73. The van der Waals surface area contributed by atoms with Crippen LogP contribution in [0.1, 0.15) is 23.9 Å². The highest BCUT2D eigenvalue weighted by Crippen LogP contribution is 2.15. The van der Waals surface area contributed by atoms with Crippen LogP contribution in [0.4, 0.5) is 4.79 Å². The number of aryl methyl sites for hydroxylation is 2. The normalized spacial score (nSPS) is 11.8. The molecule has 2 aromatic rings. The number of carbonyl (C=O) groups is 2. The van der Waals surface area contributed by atoms with E-state index in [9.17, 15) is 14.7 Å². The summed E-state index contributed by atoms with van der Waals surface area (Å²) in [5.41, 5.74) is 2.86. The summed E-state index contributed by atoms with van der Waals surface area (Å²) in [5.74, 6) is -0.232. The molecule has 0 radical (unpaired) electrons. The van der Waals surface area contributed by atoms with Gasteiger partial charge in [0.2, 0.25) is 0 Å². The Hall–Kier alpha value is -2.48. The summed E-state index contributed by atoms with van der Waals surface area (Å²) < 4.78 is 6.87. The zero-order chi connectivity index (χ0) is 18.9. The van der Waals surface area contributed by atoms with Gasteiger partial charge in [-0.2, -0.15) is 16.9 Å². The van der Waals surface area contributed by atoms with Crippen LogP contribution in [0.3, 0.4) is 0 Å². The van der Waals surface area contributed by atoms with Crippen LogP contribution in [0.25, 0.3) is 0 Å². The van der Waals surface area contributed by atoms with Crippen LogP contribution in [0, 0.1) is 0 Å². The fourth-order valence-corrected chi connectivity index (χ4v) is 3.30. The third-order valence-corrected chi connectivity index (χ3v) is 4.80. The number of nitrogens with zero attached hydrogens (tertiary/aromatic N) is 2. The second-order valence-corrected chi connectivity index (χ2v) is 6.75. The molecule has 26 heavy (non-hydrogen) atoms. The van der Waals surface area contributed by atoms with Gasteiger partial charge in [0, 0.05) is 24.2 Å². The molecule has 2 rings (SSSR count). The average Bonchev–Trinajstić information content (AvgIpc) is 3.00. The number of carboxylic acid groups (broad SMARTS) is 1. The number of carbonyl (C=O) groups excluding carboxylic acids is 1. The number of alkyl carbamates (subject to hydrolysis) is 1. The van der Waals surface area contributed by atoms with E-state index in [1.165, 1.54) is 11.8 Å². The van der Waals surface area contributed by atoms with Crippen LogP contribution in [-0.4, -0.2) is 38.7 Å². The molecule has 1 heterocycles. The van der Waals surface area contributed by atoms with Crippen molar-refractivity contribution >= 4 is 23.8 Å². The average molecular weight is 377 g/mol. The van der Waals surface area contributed by atoms with E-state index >= 15 is 0 Å².